The van der Waals surface area contributed by atoms with E-state index in [9.17, 15) is 5.26 Å². The minimum absolute atomic E-state index is 0.0474. The van der Waals surface area contributed by atoms with Crippen molar-refractivity contribution in [2.24, 2.45) is 17.3 Å². The predicted octanol–water partition coefficient (Wildman–Crippen LogP) is 5.60. The smallest absolute Gasteiger partial charge is 0.0700 e. The zero-order valence-electron chi connectivity index (χ0n) is 17.0. The molecule has 3 heteroatoms. The van der Waals surface area contributed by atoms with Crippen LogP contribution in [0.15, 0.2) is 23.4 Å². The summed E-state index contributed by atoms with van der Waals surface area (Å²) in [6, 6.07) is 2.35. The van der Waals surface area contributed by atoms with Crippen LogP contribution in [0, 0.1) is 28.6 Å². The van der Waals surface area contributed by atoms with Crippen molar-refractivity contribution in [1.29, 1.82) is 5.26 Å². The molecule has 1 aliphatic carbocycles. The fourth-order valence-electron chi connectivity index (χ4n) is 3.30. The predicted molar refractivity (Wildman–Crippen MR) is 106 cm³/mol. The van der Waals surface area contributed by atoms with Crippen LogP contribution in [-0.4, -0.2) is 19.8 Å². The average molecular weight is 347 g/mol. The summed E-state index contributed by atoms with van der Waals surface area (Å²) in [5, 5.41) is 12.7. The Balaban J connectivity index is 2.30. The summed E-state index contributed by atoms with van der Waals surface area (Å²) >= 11 is 0. The third-order valence-electron chi connectivity index (χ3n) is 4.95. The van der Waals surface area contributed by atoms with Crippen molar-refractivity contribution in [3.8, 4) is 6.07 Å². The van der Waals surface area contributed by atoms with Gasteiger partial charge in [0.15, 0.2) is 0 Å². The van der Waals surface area contributed by atoms with Gasteiger partial charge in [-0.05, 0) is 49.2 Å². The number of unbranched alkanes of at least 4 members (excludes halogenated alkanes) is 1. The highest BCUT2D eigenvalue weighted by molar-refractivity contribution is 5.34. The molecule has 25 heavy (non-hydrogen) atoms. The van der Waals surface area contributed by atoms with Crippen molar-refractivity contribution in [3.63, 3.8) is 0 Å². The first-order valence-corrected chi connectivity index (χ1v) is 10.1. The molecule has 0 amide bonds. The van der Waals surface area contributed by atoms with Gasteiger partial charge >= 0.3 is 0 Å². The van der Waals surface area contributed by atoms with Crippen LogP contribution in [0.1, 0.15) is 73.1 Å². The molecule has 0 fully saturated rings. The first kappa shape index (κ1) is 21.8. The van der Waals surface area contributed by atoms with Crippen LogP contribution in [0.2, 0.25) is 0 Å². The lowest BCUT2D eigenvalue weighted by molar-refractivity contribution is 0.0924. The maximum Gasteiger partial charge on any atom is 0.0700 e. The van der Waals surface area contributed by atoms with Gasteiger partial charge in [-0.3, -0.25) is 0 Å². The van der Waals surface area contributed by atoms with Crippen molar-refractivity contribution in [1.82, 2.24) is 5.32 Å². The topological polar surface area (TPSA) is 45.0 Å². The standard InChI is InChI=1S/C22H38N2O/c1-6-8-10-19(7-2)17-25-12-9-11-24-21-13-20(18(3)16-23)14-22(4,5)15-21/h13-14,18-19,24H,6-12,15,17H2,1-5H3. The molecule has 0 aliphatic heterocycles. The van der Waals surface area contributed by atoms with E-state index in [2.05, 4.69) is 51.2 Å². The van der Waals surface area contributed by atoms with Gasteiger partial charge in [0.05, 0.1) is 12.0 Å². The van der Waals surface area contributed by atoms with Crippen LogP contribution in [0.4, 0.5) is 0 Å². The van der Waals surface area contributed by atoms with E-state index in [1.54, 1.807) is 0 Å². The molecule has 0 aromatic heterocycles. The van der Waals surface area contributed by atoms with E-state index in [-0.39, 0.29) is 11.3 Å². The number of nitriles is 1. The Morgan fingerprint density at radius 3 is 2.72 bits per heavy atom. The SMILES string of the molecule is CCCCC(CC)COCCCNC1=CC(C(C)C#N)=CC(C)(C)C1. The van der Waals surface area contributed by atoms with Crippen LogP contribution in [0.5, 0.6) is 0 Å². The molecule has 2 atom stereocenters. The summed E-state index contributed by atoms with van der Waals surface area (Å²) in [6.45, 7) is 13.6. The zero-order chi connectivity index (χ0) is 18.7. The first-order valence-electron chi connectivity index (χ1n) is 10.1. The van der Waals surface area contributed by atoms with Gasteiger partial charge in [0.2, 0.25) is 0 Å². The Bertz CT molecular complexity index is 485. The van der Waals surface area contributed by atoms with E-state index in [4.69, 9.17) is 4.74 Å². The zero-order valence-corrected chi connectivity index (χ0v) is 17.0. The van der Waals surface area contributed by atoms with Gasteiger partial charge in [0.1, 0.15) is 0 Å². The molecule has 0 aromatic rings. The molecular weight excluding hydrogens is 308 g/mol. The van der Waals surface area contributed by atoms with Crippen molar-refractivity contribution in [3.05, 3.63) is 23.4 Å². The highest BCUT2D eigenvalue weighted by atomic mass is 16.5. The van der Waals surface area contributed by atoms with Crippen molar-refractivity contribution >= 4 is 0 Å². The van der Waals surface area contributed by atoms with E-state index >= 15 is 0 Å². The number of nitrogens with one attached hydrogen (secondary N) is 1. The molecule has 0 spiro atoms. The van der Waals surface area contributed by atoms with Gasteiger partial charge in [-0.1, -0.05) is 53.0 Å². The number of allylic oxidation sites excluding steroid dienone is 4. The summed E-state index contributed by atoms with van der Waals surface area (Å²) in [4.78, 5) is 0. The Labute approximate surface area is 155 Å². The molecule has 1 N–H and O–H groups in total. The Morgan fingerprint density at radius 2 is 2.08 bits per heavy atom. The second-order valence-corrected chi connectivity index (χ2v) is 8.10. The Hall–Kier alpha value is -1.27. The molecule has 3 nitrogen and oxygen atoms in total. The molecule has 1 rings (SSSR count). The molecule has 0 saturated carbocycles. The minimum atomic E-state index is -0.0474. The molecular formula is C22H38N2O. The van der Waals surface area contributed by atoms with E-state index in [1.165, 1.54) is 31.4 Å². The fraction of sp³-hybridized carbons (Fsp3) is 0.773. The lowest BCUT2D eigenvalue weighted by Crippen LogP contribution is -2.25. The van der Waals surface area contributed by atoms with Crippen LogP contribution in [0.25, 0.3) is 0 Å². The highest BCUT2D eigenvalue weighted by Gasteiger charge is 2.24. The van der Waals surface area contributed by atoms with Crippen LogP contribution >= 0.6 is 0 Å². The average Bonchev–Trinajstić information content (AvgIpc) is 2.58. The summed E-state index contributed by atoms with van der Waals surface area (Å²) in [6.07, 6.45) is 11.5. The van der Waals surface area contributed by atoms with Gasteiger partial charge in [-0.2, -0.15) is 5.26 Å². The maximum absolute atomic E-state index is 9.18. The Kier molecular flexibility index (Phi) is 9.90. The maximum atomic E-state index is 9.18. The van der Waals surface area contributed by atoms with Crippen molar-refractivity contribution in [2.75, 3.05) is 19.8 Å². The van der Waals surface area contributed by atoms with Gasteiger partial charge < -0.3 is 10.1 Å². The van der Waals surface area contributed by atoms with Crippen LogP contribution < -0.4 is 5.32 Å². The molecule has 2 unspecified atom stereocenters. The Morgan fingerprint density at radius 1 is 1.32 bits per heavy atom. The molecule has 0 saturated heterocycles. The quantitative estimate of drug-likeness (QED) is 0.468. The van der Waals surface area contributed by atoms with E-state index in [0.29, 0.717) is 0 Å². The number of nitrogens with zero attached hydrogens (tertiary/aromatic N) is 1. The summed E-state index contributed by atoms with van der Waals surface area (Å²) in [5.74, 6) is 0.670. The number of rotatable bonds is 12. The van der Waals surface area contributed by atoms with Crippen molar-refractivity contribution < 1.29 is 4.74 Å². The van der Waals surface area contributed by atoms with Gasteiger partial charge in [0, 0.05) is 25.5 Å². The second kappa shape index (κ2) is 11.4. The molecule has 1 aliphatic rings. The van der Waals surface area contributed by atoms with Gasteiger partial charge in [-0.15, -0.1) is 0 Å². The fourth-order valence-corrected chi connectivity index (χ4v) is 3.30. The summed E-state index contributed by atoms with van der Waals surface area (Å²) < 4.78 is 5.88. The molecule has 0 radical (unpaired) electrons. The third-order valence-corrected chi connectivity index (χ3v) is 4.95. The molecule has 142 valence electrons. The summed E-state index contributed by atoms with van der Waals surface area (Å²) in [7, 11) is 0. The second-order valence-electron chi connectivity index (χ2n) is 8.10. The van der Waals surface area contributed by atoms with Gasteiger partial charge in [0.25, 0.3) is 0 Å². The lowest BCUT2D eigenvalue weighted by Gasteiger charge is -2.29. The van der Waals surface area contributed by atoms with Crippen molar-refractivity contribution in [2.45, 2.75) is 73.1 Å². The third kappa shape index (κ3) is 8.59. The molecule has 0 heterocycles. The molecule has 0 bridgehead atoms. The first-order chi connectivity index (χ1) is 11.9. The largest absolute Gasteiger partial charge is 0.388 e. The monoisotopic (exact) mass is 346 g/mol. The van der Waals surface area contributed by atoms with Crippen LogP contribution in [-0.2, 0) is 4.74 Å². The summed E-state index contributed by atoms with van der Waals surface area (Å²) in [5.41, 5.74) is 2.50. The molecule has 0 aromatic carbocycles. The number of hydrogen-bond donors (Lipinski definition) is 1. The van der Waals surface area contributed by atoms with E-state index in [0.717, 1.165) is 44.1 Å². The number of ether oxygens (including phenoxy) is 1. The van der Waals surface area contributed by atoms with E-state index in [1.807, 2.05) is 6.92 Å². The lowest BCUT2D eigenvalue weighted by atomic mass is 9.79. The highest BCUT2D eigenvalue weighted by Crippen LogP contribution is 2.34. The minimum Gasteiger partial charge on any atom is -0.388 e. The van der Waals surface area contributed by atoms with Gasteiger partial charge in [-0.25, -0.2) is 0 Å². The normalized spacial score (nSPS) is 18.7. The van der Waals surface area contributed by atoms with Crippen LogP contribution in [0.3, 0.4) is 0 Å². The number of hydrogen-bond acceptors (Lipinski definition) is 3. The van der Waals surface area contributed by atoms with E-state index < -0.39 is 0 Å².